The van der Waals surface area contributed by atoms with Crippen molar-refractivity contribution in [2.24, 2.45) is 10.8 Å². The molecule has 0 aliphatic heterocycles. The van der Waals surface area contributed by atoms with Gasteiger partial charge in [0.25, 0.3) is 0 Å². The van der Waals surface area contributed by atoms with Gasteiger partial charge in [0.05, 0.1) is 5.41 Å². The number of carboxylic acids is 1. The van der Waals surface area contributed by atoms with Crippen molar-refractivity contribution in [2.75, 3.05) is 13.6 Å². The largest absolute Gasteiger partial charge is 0.481 e. The normalized spacial score (nSPS) is 22.0. The Morgan fingerprint density at radius 2 is 1.68 bits per heavy atom. The summed E-state index contributed by atoms with van der Waals surface area (Å²) in [5.74, 6) is -0.595. The number of aliphatic carboxylic acids is 1. The van der Waals surface area contributed by atoms with E-state index in [9.17, 15) is 9.90 Å². The van der Waals surface area contributed by atoms with E-state index in [1.165, 1.54) is 12.8 Å². The van der Waals surface area contributed by atoms with Crippen LogP contribution in [0.5, 0.6) is 0 Å². The summed E-state index contributed by atoms with van der Waals surface area (Å²) in [5.41, 5.74) is -0.343. The number of nitrogens with zero attached hydrogens (tertiary/aromatic N) is 1. The van der Waals surface area contributed by atoms with E-state index in [0.717, 1.165) is 25.7 Å². The number of rotatable bonds is 4. The van der Waals surface area contributed by atoms with Crippen molar-refractivity contribution in [1.82, 2.24) is 4.90 Å². The molecule has 1 unspecified atom stereocenters. The van der Waals surface area contributed by atoms with E-state index < -0.39 is 11.4 Å². The van der Waals surface area contributed by atoms with Gasteiger partial charge in [0.1, 0.15) is 0 Å². The molecule has 112 valence electrons. The van der Waals surface area contributed by atoms with Crippen LogP contribution in [0.4, 0.5) is 0 Å². The number of hydrogen-bond acceptors (Lipinski definition) is 2. The van der Waals surface area contributed by atoms with Gasteiger partial charge in [-0.25, -0.2) is 0 Å². The highest BCUT2D eigenvalue weighted by atomic mass is 16.4. The molecule has 0 aromatic heterocycles. The first-order valence-corrected chi connectivity index (χ1v) is 7.63. The van der Waals surface area contributed by atoms with Crippen LogP contribution in [0.1, 0.15) is 66.2 Å². The molecule has 0 saturated heterocycles. The third-order valence-corrected chi connectivity index (χ3v) is 4.98. The zero-order valence-corrected chi connectivity index (χ0v) is 13.3. The summed E-state index contributed by atoms with van der Waals surface area (Å²) in [6, 6.07) is 0.381. The fraction of sp³-hybridized carbons (Fsp3) is 0.938. The first-order valence-electron chi connectivity index (χ1n) is 7.63. The molecular weight excluding hydrogens is 238 g/mol. The van der Waals surface area contributed by atoms with Crippen LogP contribution in [0.15, 0.2) is 0 Å². The van der Waals surface area contributed by atoms with Gasteiger partial charge in [0.15, 0.2) is 0 Å². The van der Waals surface area contributed by atoms with Crippen LogP contribution in [0, 0.1) is 10.8 Å². The molecule has 1 atom stereocenters. The van der Waals surface area contributed by atoms with Crippen LogP contribution in [0.25, 0.3) is 0 Å². The van der Waals surface area contributed by atoms with E-state index in [-0.39, 0.29) is 5.41 Å². The molecule has 0 spiro atoms. The fourth-order valence-electron chi connectivity index (χ4n) is 3.12. The molecule has 3 nitrogen and oxygen atoms in total. The minimum Gasteiger partial charge on any atom is -0.481 e. The van der Waals surface area contributed by atoms with E-state index in [4.69, 9.17) is 0 Å². The first-order chi connectivity index (χ1) is 8.69. The second-order valence-electron chi connectivity index (χ2n) is 7.46. The van der Waals surface area contributed by atoms with E-state index in [2.05, 4.69) is 39.6 Å². The summed E-state index contributed by atoms with van der Waals surface area (Å²) in [7, 11) is 2.07. The lowest BCUT2D eigenvalue weighted by molar-refractivity contribution is -0.151. The van der Waals surface area contributed by atoms with Crippen LogP contribution < -0.4 is 0 Å². The van der Waals surface area contributed by atoms with Gasteiger partial charge < -0.3 is 10.0 Å². The standard InChI is InChI=1S/C16H31NO2/c1-13(15(2,3)4)17(5)12-16(14(18)19)10-8-6-7-9-11-16/h13H,6-12H2,1-5H3,(H,18,19). The Balaban J connectivity index is 2.81. The molecule has 3 heteroatoms. The molecule has 1 aliphatic carbocycles. The molecule has 0 heterocycles. The topological polar surface area (TPSA) is 40.5 Å². The summed E-state index contributed by atoms with van der Waals surface area (Å²) in [6.07, 6.45) is 6.17. The number of hydrogen-bond donors (Lipinski definition) is 1. The lowest BCUT2D eigenvalue weighted by Crippen LogP contribution is -2.48. The Kier molecular flexibility index (Phi) is 5.43. The average molecular weight is 269 g/mol. The van der Waals surface area contributed by atoms with E-state index >= 15 is 0 Å². The quantitative estimate of drug-likeness (QED) is 0.790. The molecule has 0 amide bonds. The second kappa shape index (κ2) is 6.25. The van der Waals surface area contributed by atoms with Gasteiger partial charge in [-0.05, 0) is 32.2 Å². The average Bonchev–Trinajstić information content (AvgIpc) is 2.53. The SMILES string of the molecule is CC(N(C)CC1(C(=O)O)CCCCCC1)C(C)(C)C. The van der Waals surface area contributed by atoms with Gasteiger partial charge in [0.2, 0.25) is 0 Å². The van der Waals surface area contributed by atoms with Gasteiger partial charge in [0, 0.05) is 12.6 Å². The summed E-state index contributed by atoms with van der Waals surface area (Å²) in [6.45, 7) is 9.53. The lowest BCUT2D eigenvalue weighted by Gasteiger charge is -2.40. The molecule has 1 N–H and O–H groups in total. The van der Waals surface area contributed by atoms with Crippen molar-refractivity contribution in [3.63, 3.8) is 0 Å². The Hall–Kier alpha value is -0.570. The fourth-order valence-corrected chi connectivity index (χ4v) is 3.12. The molecule has 0 aromatic carbocycles. The zero-order valence-electron chi connectivity index (χ0n) is 13.3. The molecule has 1 fully saturated rings. The van der Waals surface area contributed by atoms with Crippen LogP contribution in [-0.2, 0) is 4.79 Å². The van der Waals surface area contributed by atoms with Gasteiger partial charge in [-0.1, -0.05) is 46.5 Å². The minimum atomic E-state index is -0.595. The Morgan fingerprint density at radius 1 is 1.21 bits per heavy atom. The number of carbonyl (C=O) groups is 1. The van der Waals surface area contributed by atoms with Crippen molar-refractivity contribution in [3.05, 3.63) is 0 Å². The predicted octanol–water partition coefficient (Wildman–Crippen LogP) is 3.78. The Bertz CT molecular complexity index is 298. The van der Waals surface area contributed by atoms with Gasteiger partial charge in [-0.2, -0.15) is 0 Å². The van der Waals surface area contributed by atoms with Gasteiger partial charge in [-0.15, -0.1) is 0 Å². The summed E-state index contributed by atoms with van der Waals surface area (Å²) in [5, 5.41) is 9.72. The minimum absolute atomic E-state index is 0.180. The smallest absolute Gasteiger partial charge is 0.310 e. The Morgan fingerprint density at radius 3 is 2.05 bits per heavy atom. The van der Waals surface area contributed by atoms with Crippen molar-refractivity contribution in [2.45, 2.75) is 72.3 Å². The van der Waals surface area contributed by atoms with Crippen LogP contribution >= 0.6 is 0 Å². The highest BCUT2D eigenvalue weighted by Gasteiger charge is 2.41. The highest BCUT2D eigenvalue weighted by molar-refractivity contribution is 5.75. The third-order valence-electron chi connectivity index (χ3n) is 4.98. The third kappa shape index (κ3) is 4.20. The van der Waals surface area contributed by atoms with Crippen molar-refractivity contribution in [3.8, 4) is 0 Å². The van der Waals surface area contributed by atoms with E-state index in [0.29, 0.717) is 12.6 Å². The molecule has 1 aliphatic rings. The van der Waals surface area contributed by atoms with Crippen LogP contribution in [-0.4, -0.2) is 35.6 Å². The maximum Gasteiger partial charge on any atom is 0.310 e. The van der Waals surface area contributed by atoms with Crippen molar-refractivity contribution >= 4 is 5.97 Å². The zero-order chi connectivity index (χ0) is 14.7. The summed E-state index contributed by atoms with van der Waals surface area (Å²) < 4.78 is 0. The molecule has 0 bridgehead atoms. The monoisotopic (exact) mass is 269 g/mol. The van der Waals surface area contributed by atoms with Crippen LogP contribution in [0.2, 0.25) is 0 Å². The maximum atomic E-state index is 11.8. The summed E-state index contributed by atoms with van der Waals surface area (Å²) in [4.78, 5) is 14.1. The van der Waals surface area contributed by atoms with E-state index in [1.54, 1.807) is 0 Å². The molecular formula is C16H31NO2. The summed E-state index contributed by atoms with van der Waals surface area (Å²) >= 11 is 0. The van der Waals surface area contributed by atoms with Crippen LogP contribution in [0.3, 0.4) is 0 Å². The predicted molar refractivity (Wildman–Crippen MR) is 79.3 cm³/mol. The number of carboxylic acid groups (broad SMARTS) is 1. The molecule has 1 saturated carbocycles. The maximum absolute atomic E-state index is 11.8. The van der Waals surface area contributed by atoms with Crippen molar-refractivity contribution in [1.29, 1.82) is 0 Å². The van der Waals surface area contributed by atoms with Crippen molar-refractivity contribution < 1.29 is 9.90 Å². The molecule has 0 radical (unpaired) electrons. The van der Waals surface area contributed by atoms with Gasteiger partial charge in [-0.3, -0.25) is 4.79 Å². The Labute approximate surface area is 118 Å². The molecule has 19 heavy (non-hydrogen) atoms. The lowest BCUT2D eigenvalue weighted by atomic mass is 9.78. The van der Waals surface area contributed by atoms with E-state index in [1.807, 2.05) is 0 Å². The molecule has 1 rings (SSSR count). The first kappa shape index (κ1) is 16.5. The highest BCUT2D eigenvalue weighted by Crippen LogP contribution is 2.37. The molecule has 0 aromatic rings. The van der Waals surface area contributed by atoms with Gasteiger partial charge >= 0.3 is 5.97 Å². The second-order valence-corrected chi connectivity index (χ2v) is 7.46.